The van der Waals surface area contributed by atoms with Crippen LogP contribution in [-0.4, -0.2) is 92.1 Å². The summed E-state index contributed by atoms with van der Waals surface area (Å²) in [5, 5.41) is 21.7. The molecule has 0 aromatic heterocycles. The van der Waals surface area contributed by atoms with Gasteiger partial charge in [-0.05, 0) is 38.3 Å². The van der Waals surface area contributed by atoms with Crippen molar-refractivity contribution >= 4 is 59.6 Å². The maximum atomic E-state index is 12.1. The lowest BCUT2D eigenvalue weighted by atomic mass is 10.1. The first-order chi connectivity index (χ1) is 20.4. The first kappa shape index (κ1) is 34.5. The van der Waals surface area contributed by atoms with Crippen LogP contribution in [0.15, 0.2) is 4.99 Å². The van der Waals surface area contributed by atoms with E-state index in [0.717, 1.165) is 0 Å². The van der Waals surface area contributed by atoms with Gasteiger partial charge < -0.3 is 25.2 Å². The number of rotatable bonds is 19. The highest BCUT2D eigenvalue weighted by molar-refractivity contribution is 6.02. The summed E-state index contributed by atoms with van der Waals surface area (Å²) >= 11 is 0. The second-order valence-electron chi connectivity index (χ2n) is 9.76. The fourth-order valence-electron chi connectivity index (χ4n) is 3.99. The van der Waals surface area contributed by atoms with Crippen LogP contribution in [0.25, 0.3) is 0 Å². The summed E-state index contributed by atoms with van der Waals surface area (Å²) in [5.41, 5.74) is 0. The van der Waals surface area contributed by atoms with Crippen molar-refractivity contribution in [2.24, 2.45) is 4.99 Å². The number of carboxylic acid groups (broad SMARTS) is 2. The number of nitrogens with one attached hydrogen (secondary N) is 1. The molecule has 2 rings (SSSR count). The zero-order valence-electron chi connectivity index (χ0n) is 23.4. The molecule has 2 aliphatic rings. The van der Waals surface area contributed by atoms with E-state index in [-0.39, 0.29) is 51.4 Å². The van der Waals surface area contributed by atoms with E-state index < -0.39 is 71.9 Å². The molecule has 0 aromatic rings. The van der Waals surface area contributed by atoms with Gasteiger partial charge in [0.25, 0.3) is 23.6 Å². The molecule has 17 nitrogen and oxygen atoms in total. The molecule has 0 spiro atoms. The molecule has 0 bridgehead atoms. The first-order valence-corrected chi connectivity index (χ1v) is 13.8. The van der Waals surface area contributed by atoms with Gasteiger partial charge in [-0.1, -0.05) is 12.8 Å². The molecule has 0 aliphatic carbocycles. The van der Waals surface area contributed by atoms with Crippen LogP contribution in [-0.2, 0) is 52.8 Å². The molecule has 2 atom stereocenters. The monoisotopic (exact) mass is 610 g/mol. The van der Waals surface area contributed by atoms with E-state index in [4.69, 9.17) is 4.84 Å². The Morgan fingerprint density at radius 2 is 1.21 bits per heavy atom. The fourth-order valence-corrected chi connectivity index (χ4v) is 3.99. The lowest BCUT2D eigenvalue weighted by molar-refractivity contribution is -0.197. The third kappa shape index (κ3) is 12.0. The quantitative estimate of drug-likeness (QED) is 0.101. The average molecular weight is 611 g/mol. The molecule has 236 valence electrons. The molecule has 43 heavy (non-hydrogen) atoms. The highest BCUT2D eigenvalue weighted by Crippen LogP contribution is 2.15. The van der Waals surface area contributed by atoms with Crippen LogP contribution in [0, 0.1) is 0 Å². The van der Waals surface area contributed by atoms with Crippen LogP contribution in [0.3, 0.4) is 0 Å². The van der Waals surface area contributed by atoms with Gasteiger partial charge in [-0.3, -0.25) is 29.0 Å². The van der Waals surface area contributed by atoms with Crippen molar-refractivity contribution in [3.8, 4) is 0 Å². The number of nitrogens with zero attached hydrogens (tertiary/aromatic N) is 3. The minimum Gasteiger partial charge on any atom is -0.480 e. The van der Waals surface area contributed by atoms with E-state index in [2.05, 4.69) is 15.1 Å². The van der Waals surface area contributed by atoms with Crippen LogP contribution in [0.1, 0.15) is 89.9 Å². The number of amides is 5. The highest BCUT2D eigenvalue weighted by Gasteiger charge is 2.34. The number of carbonyl (C=O) groups is 9. The van der Waals surface area contributed by atoms with Gasteiger partial charge >= 0.3 is 23.9 Å². The molecule has 2 unspecified atom stereocenters. The number of imide groups is 2. The van der Waals surface area contributed by atoms with Crippen LogP contribution in [0.5, 0.6) is 0 Å². The molecular formula is C26H34N4O13. The Kier molecular flexibility index (Phi) is 13.9. The van der Waals surface area contributed by atoms with E-state index in [0.29, 0.717) is 42.2 Å². The summed E-state index contributed by atoms with van der Waals surface area (Å²) in [6.45, 7) is 0. The number of aliphatic carboxylic acids is 2. The number of hydrogen-bond donors (Lipinski definition) is 3. The van der Waals surface area contributed by atoms with E-state index in [1.807, 2.05) is 0 Å². The average Bonchev–Trinajstić information content (AvgIpc) is 3.43. The highest BCUT2D eigenvalue weighted by atomic mass is 16.7. The van der Waals surface area contributed by atoms with Crippen molar-refractivity contribution in [1.29, 1.82) is 0 Å². The molecule has 0 saturated carbocycles. The van der Waals surface area contributed by atoms with Crippen molar-refractivity contribution < 1.29 is 63.0 Å². The Morgan fingerprint density at radius 1 is 0.721 bits per heavy atom. The van der Waals surface area contributed by atoms with Crippen molar-refractivity contribution in [3.05, 3.63) is 0 Å². The van der Waals surface area contributed by atoms with E-state index in [1.165, 1.54) is 6.21 Å². The zero-order valence-corrected chi connectivity index (χ0v) is 23.4. The molecule has 2 aliphatic heterocycles. The fraction of sp³-hybridized carbons (Fsp3) is 0.615. The number of hydroxylamine groups is 4. The maximum absolute atomic E-state index is 12.1. The van der Waals surface area contributed by atoms with Gasteiger partial charge in [-0.15, -0.1) is 10.1 Å². The van der Waals surface area contributed by atoms with Crippen molar-refractivity contribution in [3.63, 3.8) is 0 Å². The summed E-state index contributed by atoms with van der Waals surface area (Å²) in [4.78, 5) is 118. The summed E-state index contributed by atoms with van der Waals surface area (Å²) in [6.07, 6.45) is 2.69. The minimum atomic E-state index is -1.37. The Hall–Kier alpha value is -4.70. The summed E-state index contributed by atoms with van der Waals surface area (Å²) in [6, 6.07) is -2.58. The van der Waals surface area contributed by atoms with E-state index in [1.54, 1.807) is 0 Å². The van der Waals surface area contributed by atoms with Gasteiger partial charge in [-0.25, -0.2) is 19.2 Å². The molecule has 3 N–H and O–H groups in total. The second kappa shape index (κ2) is 17.3. The largest absolute Gasteiger partial charge is 0.480 e. The number of carbonyl (C=O) groups excluding carboxylic acids is 7. The molecule has 0 radical (unpaired) electrons. The molecule has 2 saturated heterocycles. The van der Waals surface area contributed by atoms with Crippen molar-refractivity contribution in [1.82, 2.24) is 15.4 Å². The van der Waals surface area contributed by atoms with Crippen LogP contribution < -0.4 is 5.32 Å². The third-order valence-electron chi connectivity index (χ3n) is 6.35. The van der Waals surface area contributed by atoms with Gasteiger partial charge in [0.15, 0.2) is 0 Å². The predicted octanol–water partition coefficient (Wildman–Crippen LogP) is 0.195. The standard InChI is InChI=1S/C26H34N4O13/c31-18(28-17(26(40)41)8-14-24(37)43-30-21(34)11-12-22(30)35)6-4-2-1-3-5-15-27-16(25(38)39)7-13-23(36)42-29-19(32)9-10-20(29)33/h15-17H,1-14H2,(H,28,31)(H,38,39)(H,40,41). The Balaban J connectivity index is 1.59. The molecule has 0 aromatic carbocycles. The Morgan fingerprint density at radius 3 is 1.70 bits per heavy atom. The number of hydrogen-bond acceptors (Lipinski definition) is 12. The Labute approximate surface area is 245 Å². The van der Waals surface area contributed by atoms with Crippen LogP contribution >= 0.6 is 0 Å². The summed E-state index contributed by atoms with van der Waals surface area (Å²) < 4.78 is 0. The second-order valence-corrected chi connectivity index (χ2v) is 9.76. The van der Waals surface area contributed by atoms with Crippen molar-refractivity contribution in [2.45, 2.75) is 102 Å². The predicted molar refractivity (Wildman–Crippen MR) is 140 cm³/mol. The topological polar surface area (TPSA) is 243 Å². The van der Waals surface area contributed by atoms with Gasteiger partial charge in [0.05, 0.1) is 12.8 Å². The lowest BCUT2D eigenvalue weighted by Crippen LogP contribution is -2.41. The van der Waals surface area contributed by atoms with Crippen LogP contribution in [0.4, 0.5) is 0 Å². The van der Waals surface area contributed by atoms with E-state index >= 15 is 0 Å². The SMILES string of the molecule is O=C(CCCCCCC=NC(CCC(=O)ON1C(=O)CCC1=O)C(=O)O)NC(CCC(=O)ON1C(=O)CCC1=O)C(=O)O. The molecular weight excluding hydrogens is 576 g/mol. The normalized spacial score (nSPS) is 16.5. The van der Waals surface area contributed by atoms with Gasteiger partial charge in [-0.2, -0.15) is 0 Å². The Bertz CT molecular complexity index is 1120. The summed E-state index contributed by atoms with van der Waals surface area (Å²) in [7, 11) is 0. The smallest absolute Gasteiger partial charge is 0.333 e. The molecule has 5 amide bonds. The molecule has 2 heterocycles. The van der Waals surface area contributed by atoms with Crippen molar-refractivity contribution in [2.75, 3.05) is 0 Å². The van der Waals surface area contributed by atoms with Gasteiger partial charge in [0.1, 0.15) is 12.1 Å². The zero-order chi connectivity index (χ0) is 31.9. The molecule has 17 heteroatoms. The summed E-state index contributed by atoms with van der Waals surface area (Å²) in [5.74, 6) is -7.63. The maximum Gasteiger partial charge on any atom is 0.333 e. The molecule has 2 fully saturated rings. The van der Waals surface area contributed by atoms with Crippen LogP contribution in [0.2, 0.25) is 0 Å². The minimum absolute atomic E-state index is 0.0326. The first-order valence-electron chi connectivity index (χ1n) is 13.8. The van der Waals surface area contributed by atoms with E-state index in [9.17, 15) is 53.4 Å². The number of carboxylic acids is 2. The van der Waals surface area contributed by atoms with Gasteiger partial charge in [0.2, 0.25) is 5.91 Å². The lowest BCUT2D eigenvalue weighted by Gasteiger charge is -2.16. The third-order valence-corrected chi connectivity index (χ3v) is 6.35. The van der Waals surface area contributed by atoms with Gasteiger partial charge in [0, 0.05) is 32.1 Å². The number of unbranched alkanes of at least 4 members (excludes halogenated alkanes) is 4. The number of aliphatic imine (C=N–C) groups is 1.